The molecule has 0 radical (unpaired) electrons. The van der Waals surface area contributed by atoms with E-state index >= 15 is 0 Å². The molecule has 0 spiro atoms. The van der Waals surface area contributed by atoms with Crippen LogP contribution in [0.25, 0.3) is 0 Å². The van der Waals surface area contributed by atoms with Crippen LogP contribution in [0.2, 0.25) is 0 Å². The van der Waals surface area contributed by atoms with Crippen LogP contribution in [-0.4, -0.2) is 14.2 Å². The fraction of sp³-hybridized carbons (Fsp3) is 0.200. The second-order valence-electron chi connectivity index (χ2n) is 4.43. The molecule has 0 aliphatic carbocycles. The number of hydrogen-bond acceptors (Lipinski definition) is 2. The summed E-state index contributed by atoms with van der Waals surface area (Å²) in [5, 5.41) is 2.80. The van der Waals surface area contributed by atoms with E-state index in [4.69, 9.17) is 4.74 Å². The first-order valence-electron chi connectivity index (χ1n) is 6.12. The predicted molar refractivity (Wildman–Crippen MR) is 77.9 cm³/mol. The van der Waals surface area contributed by atoms with Gasteiger partial charge >= 0.3 is 0 Å². The lowest BCUT2D eigenvalue weighted by atomic mass is 9.97. The number of benzene rings is 2. The molecular weight excluding hydrogens is 347 g/mol. The van der Waals surface area contributed by atoms with Crippen LogP contribution in [0.3, 0.4) is 0 Å². The summed E-state index contributed by atoms with van der Waals surface area (Å²) in [4.78, 5) is 0. The minimum Gasteiger partial charge on any atom is -0.497 e. The van der Waals surface area contributed by atoms with Crippen molar-refractivity contribution in [2.24, 2.45) is 0 Å². The lowest BCUT2D eigenvalue weighted by molar-refractivity contribution is 0.403. The molecule has 112 valence electrons. The summed E-state index contributed by atoms with van der Waals surface area (Å²) >= 11 is 3.17. The Morgan fingerprint density at radius 1 is 1.05 bits per heavy atom. The maximum absolute atomic E-state index is 14.2. The number of hydrogen-bond donors (Lipinski definition) is 1. The van der Waals surface area contributed by atoms with Crippen LogP contribution in [-0.2, 0) is 0 Å². The molecular formula is C15H13BrF3NO. The van der Waals surface area contributed by atoms with Crippen LogP contribution in [0.5, 0.6) is 5.75 Å². The highest BCUT2D eigenvalue weighted by Crippen LogP contribution is 2.31. The molecule has 0 aliphatic heterocycles. The fourth-order valence-corrected chi connectivity index (χ4v) is 2.66. The van der Waals surface area contributed by atoms with Crippen molar-refractivity contribution in [3.05, 3.63) is 63.4 Å². The monoisotopic (exact) mass is 359 g/mol. The summed E-state index contributed by atoms with van der Waals surface area (Å²) in [5.41, 5.74) is 0.225. The lowest BCUT2D eigenvalue weighted by Crippen LogP contribution is -2.20. The SMILES string of the molecule is CNC(c1cc(F)cc(Br)c1)c1c(F)cc(OC)cc1F. The molecule has 2 nitrogen and oxygen atoms in total. The highest BCUT2D eigenvalue weighted by atomic mass is 79.9. The molecule has 0 heterocycles. The van der Waals surface area contributed by atoms with Gasteiger partial charge in [0.25, 0.3) is 0 Å². The third-order valence-electron chi connectivity index (χ3n) is 3.08. The van der Waals surface area contributed by atoms with Crippen LogP contribution in [0.4, 0.5) is 13.2 Å². The van der Waals surface area contributed by atoms with E-state index in [0.29, 0.717) is 10.0 Å². The molecule has 1 unspecified atom stereocenters. The van der Waals surface area contributed by atoms with E-state index in [0.717, 1.165) is 12.1 Å². The van der Waals surface area contributed by atoms with E-state index in [1.807, 2.05) is 0 Å². The van der Waals surface area contributed by atoms with Crippen molar-refractivity contribution < 1.29 is 17.9 Å². The van der Waals surface area contributed by atoms with Gasteiger partial charge in [0.2, 0.25) is 0 Å². The van der Waals surface area contributed by atoms with Gasteiger partial charge in [-0.15, -0.1) is 0 Å². The van der Waals surface area contributed by atoms with E-state index in [-0.39, 0.29) is 11.3 Å². The molecule has 2 aromatic rings. The molecule has 6 heteroatoms. The van der Waals surface area contributed by atoms with Gasteiger partial charge in [-0.2, -0.15) is 0 Å². The van der Waals surface area contributed by atoms with Gasteiger partial charge in [0.1, 0.15) is 23.2 Å². The lowest BCUT2D eigenvalue weighted by Gasteiger charge is -2.19. The second-order valence-corrected chi connectivity index (χ2v) is 5.34. The minimum atomic E-state index is -0.817. The van der Waals surface area contributed by atoms with Gasteiger partial charge in [-0.05, 0) is 30.8 Å². The highest BCUT2D eigenvalue weighted by Gasteiger charge is 2.22. The topological polar surface area (TPSA) is 21.3 Å². The van der Waals surface area contributed by atoms with E-state index in [1.165, 1.54) is 19.2 Å². The first-order chi connectivity index (χ1) is 9.96. The molecule has 0 amide bonds. The highest BCUT2D eigenvalue weighted by molar-refractivity contribution is 9.10. The summed E-state index contributed by atoms with van der Waals surface area (Å²) in [6.07, 6.45) is 0. The average Bonchev–Trinajstić information content (AvgIpc) is 2.41. The Bertz CT molecular complexity index is 620. The van der Waals surface area contributed by atoms with Crippen molar-refractivity contribution in [2.75, 3.05) is 14.2 Å². The summed E-state index contributed by atoms with van der Waals surface area (Å²) in [6.45, 7) is 0. The molecule has 0 aliphatic rings. The van der Waals surface area contributed by atoms with E-state index in [1.54, 1.807) is 13.1 Å². The van der Waals surface area contributed by atoms with E-state index in [9.17, 15) is 13.2 Å². The second kappa shape index (κ2) is 6.49. The van der Waals surface area contributed by atoms with Crippen LogP contribution < -0.4 is 10.1 Å². The quantitative estimate of drug-likeness (QED) is 0.883. The number of rotatable bonds is 4. The summed E-state index contributed by atoms with van der Waals surface area (Å²) < 4.78 is 47.1. The van der Waals surface area contributed by atoms with Crippen LogP contribution >= 0.6 is 15.9 Å². The first-order valence-corrected chi connectivity index (χ1v) is 6.91. The zero-order chi connectivity index (χ0) is 15.6. The number of nitrogens with one attached hydrogen (secondary N) is 1. The van der Waals surface area contributed by atoms with Crippen molar-refractivity contribution in [1.82, 2.24) is 5.32 Å². The van der Waals surface area contributed by atoms with Crippen LogP contribution in [0, 0.1) is 17.5 Å². The Balaban J connectivity index is 2.56. The molecule has 0 saturated carbocycles. The van der Waals surface area contributed by atoms with Crippen molar-refractivity contribution in [1.29, 1.82) is 0 Å². The number of methoxy groups -OCH3 is 1. The minimum absolute atomic E-state index is 0.0871. The average molecular weight is 360 g/mol. The van der Waals surface area contributed by atoms with Gasteiger partial charge in [-0.25, -0.2) is 13.2 Å². The van der Waals surface area contributed by atoms with Gasteiger partial charge in [-0.3, -0.25) is 0 Å². The third kappa shape index (κ3) is 3.39. The normalized spacial score (nSPS) is 12.3. The maximum atomic E-state index is 14.2. The van der Waals surface area contributed by atoms with Gasteiger partial charge in [0.05, 0.1) is 13.2 Å². The van der Waals surface area contributed by atoms with E-state index in [2.05, 4.69) is 21.2 Å². The predicted octanol–water partition coefficient (Wildman–Crippen LogP) is 4.18. The van der Waals surface area contributed by atoms with Gasteiger partial charge in [0, 0.05) is 22.2 Å². The maximum Gasteiger partial charge on any atom is 0.134 e. The number of halogens is 4. The summed E-state index contributed by atoms with van der Waals surface area (Å²) in [7, 11) is 2.87. The summed E-state index contributed by atoms with van der Waals surface area (Å²) in [5.74, 6) is -1.92. The van der Waals surface area contributed by atoms with Crippen LogP contribution in [0.1, 0.15) is 17.2 Å². The van der Waals surface area contributed by atoms with Crippen molar-refractivity contribution in [2.45, 2.75) is 6.04 Å². The Kier molecular flexibility index (Phi) is 4.90. The van der Waals surface area contributed by atoms with Crippen LogP contribution in [0.15, 0.2) is 34.8 Å². The van der Waals surface area contributed by atoms with Gasteiger partial charge < -0.3 is 10.1 Å². The Hall–Kier alpha value is -1.53. The molecule has 0 saturated heterocycles. The molecule has 1 N–H and O–H groups in total. The Morgan fingerprint density at radius 3 is 2.14 bits per heavy atom. The largest absolute Gasteiger partial charge is 0.497 e. The zero-order valence-electron chi connectivity index (χ0n) is 11.4. The first kappa shape index (κ1) is 15.9. The summed E-state index contributed by atoms with van der Waals surface area (Å²) in [6, 6.07) is 5.48. The Morgan fingerprint density at radius 2 is 1.67 bits per heavy atom. The van der Waals surface area contributed by atoms with Crippen molar-refractivity contribution >= 4 is 15.9 Å². The fourth-order valence-electron chi connectivity index (χ4n) is 2.17. The van der Waals surface area contributed by atoms with Crippen molar-refractivity contribution in [3.8, 4) is 5.75 Å². The standard InChI is InChI=1S/C15H13BrF3NO/c1-20-15(8-3-9(16)5-10(17)4-8)14-12(18)6-11(21-2)7-13(14)19/h3-7,15,20H,1-2H3. The molecule has 0 fully saturated rings. The third-order valence-corrected chi connectivity index (χ3v) is 3.54. The zero-order valence-corrected chi connectivity index (χ0v) is 13.0. The molecule has 1 atom stereocenters. The molecule has 0 bridgehead atoms. The Labute approximate surface area is 129 Å². The smallest absolute Gasteiger partial charge is 0.134 e. The molecule has 2 rings (SSSR count). The van der Waals surface area contributed by atoms with Gasteiger partial charge in [-0.1, -0.05) is 15.9 Å². The number of ether oxygens (including phenoxy) is 1. The van der Waals surface area contributed by atoms with Crippen molar-refractivity contribution in [3.63, 3.8) is 0 Å². The molecule has 2 aromatic carbocycles. The van der Waals surface area contributed by atoms with E-state index < -0.39 is 23.5 Å². The molecule has 21 heavy (non-hydrogen) atoms. The molecule has 0 aromatic heterocycles. The van der Waals surface area contributed by atoms with Gasteiger partial charge in [0.15, 0.2) is 0 Å².